The average Bonchev–Trinajstić information content (AvgIpc) is 2.19. The summed E-state index contributed by atoms with van der Waals surface area (Å²) in [6.07, 6.45) is 2.09. The van der Waals surface area contributed by atoms with E-state index in [9.17, 15) is 0 Å². The van der Waals surface area contributed by atoms with E-state index in [-0.39, 0.29) is 0 Å². The minimum atomic E-state index is 0.528. The monoisotopic (exact) mass is 210 g/mol. The van der Waals surface area contributed by atoms with Crippen LogP contribution in [-0.2, 0) is 0 Å². The molecule has 0 saturated heterocycles. The molecule has 2 heteroatoms. The van der Waals surface area contributed by atoms with Crippen LogP contribution in [0.4, 0.5) is 0 Å². The van der Waals surface area contributed by atoms with Crippen molar-refractivity contribution in [2.24, 2.45) is 0 Å². The first-order valence-corrected chi connectivity index (χ1v) is 6.35. The average molecular weight is 210 g/mol. The normalized spacial score (nSPS) is 10.6. The van der Waals surface area contributed by atoms with Crippen LogP contribution in [0.2, 0.25) is 0 Å². The Morgan fingerprint density at radius 2 is 2.00 bits per heavy atom. The molecule has 0 aliphatic heterocycles. The SMILES string of the molecule is CSCCOc1ccccc1C(C)C. The van der Waals surface area contributed by atoms with Crippen LogP contribution in [0.3, 0.4) is 0 Å². The zero-order chi connectivity index (χ0) is 10.4. The van der Waals surface area contributed by atoms with E-state index in [0.29, 0.717) is 5.92 Å². The van der Waals surface area contributed by atoms with Crippen LogP contribution in [0.5, 0.6) is 5.75 Å². The summed E-state index contributed by atoms with van der Waals surface area (Å²) < 4.78 is 5.72. The largest absolute Gasteiger partial charge is 0.492 e. The molecule has 78 valence electrons. The number of para-hydroxylation sites is 1. The zero-order valence-electron chi connectivity index (χ0n) is 9.12. The lowest BCUT2D eigenvalue weighted by Crippen LogP contribution is -2.02. The zero-order valence-corrected chi connectivity index (χ0v) is 9.93. The Kier molecular flexibility index (Phi) is 4.88. The van der Waals surface area contributed by atoms with Crippen molar-refractivity contribution in [2.45, 2.75) is 19.8 Å². The van der Waals surface area contributed by atoms with Gasteiger partial charge in [-0.05, 0) is 23.8 Å². The van der Waals surface area contributed by atoms with Crippen LogP contribution in [0, 0.1) is 0 Å². The van der Waals surface area contributed by atoms with Crippen LogP contribution in [0.25, 0.3) is 0 Å². The summed E-state index contributed by atoms with van der Waals surface area (Å²) in [5, 5.41) is 0. The molecule has 0 aliphatic rings. The Labute approximate surface area is 90.9 Å². The van der Waals surface area contributed by atoms with E-state index in [1.165, 1.54) is 5.56 Å². The van der Waals surface area contributed by atoms with E-state index < -0.39 is 0 Å². The predicted molar refractivity (Wildman–Crippen MR) is 64.4 cm³/mol. The van der Waals surface area contributed by atoms with E-state index >= 15 is 0 Å². The summed E-state index contributed by atoms with van der Waals surface area (Å²) in [5.41, 5.74) is 1.30. The molecule has 0 amide bonds. The number of ether oxygens (including phenoxy) is 1. The molecule has 0 atom stereocenters. The van der Waals surface area contributed by atoms with Crippen LogP contribution in [0.15, 0.2) is 24.3 Å². The lowest BCUT2D eigenvalue weighted by Gasteiger charge is -2.13. The molecule has 0 saturated carbocycles. The molecule has 0 heterocycles. The maximum absolute atomic E-state index is 5.72. The van der Waals surface area contributed by atoms with Crippen molar-refractivity contribution in [3.8, 4) is 5.75 Å². The summed E-state index contributed by atoms with van der Waals surface area (Å²) >= 11 is 1.81. The molecule has 0 aliphatic carbocycles. The lowest BCUT2D eigenvalue weighted by atomic mass is 10.0. The van der Waals surface area contributed by atoms with Gasteiger partial charge in [-0.2, -0.15) is 11.8 Å². The molecule has 14 heavy (non-hydrogen) atoms. The highest BCUT2D eigenvalue weighted by Crippen LogP contribution is 2.25. The third-order valence-corrected chi connectivity index (χ3v) is 2.66. The second-order valence-electron chi connectivity index (χ2n) is 3.53. The second kappa shape index (κ2) is 5.97. The highest BCUT2D eigenvalue weighted by molar-refractivity contribution is 7.98. The fourth-order valence-corrected chi connectivity index (χ4v) is 1.57. The quantitative estimate of drug-likeness (QED) is 0.687. The minimum Gasteiger partial charge on any atom is -0.492 e. The van der Waals surface area contributed by atoms with Gasteiger partial charge in [-0.3, -0.25) is 0 Å². The number of benzene rings is 1. The number of hydrogen-bond acceptors (Lipinski definition) is 2. The highest BCUT2D eigenvalue weighted by Gasteiger charge is 2.05. The second-order valence-corrected chi connectivity index (χ2v) is 4.52. The van der Waals surface area contributed by atoms with Crippen LogP contribution in [0.1, 0.15) is 25.3 Å². The van der Waals surface area contributed by atoms with Gasteiger partial charge in [-0.1, -0.05) is 32.0 Å². The van der Waals surface area contributed by atoms with E-state index in [0.717, 1.165) is 18.1 Å². The first kappa shape index (κ1) is 11.4. The van der Waals surface area contributed by atoms with Crippen LogP contribution in [-0.4, -0.2) is 18.6 Å². The van der Waals surface area contributed by atoms with Crippen molar-refractivity contribution >= 4 is 11.8 Å². The van der Waals surface area contributed by atoms with Gasteiger partial charge in [0.1, 0.15) is 5.75 Å². The molecule has 1 aromatic carbocycles. The van der Waals surface area contributed by atoms with Crippen molar-refractivity contribution in [3.05, 3.63) is 29.8 Å². The molecular formula is C12H18OS. The minimum absolute atomic E-state index is 0.528. The Morgan fingerprint density at radius 3 is 2.64 bits per heavy atom. The number of hydrogen-bond donors (Lipinski definition) is 0. The van der Waals surface area contributed by atoms with Crippen molar-refractivity contribution in [3.63, 3.8) is 0 Å². The summed E-state index contributed by atoms with van der Waals surface area (Å²) in [6.45, 7) is 5.18. The fourth-order valence-electron chi connectivity index (χ4n) is 1.32. The fraction of sp³-hybridized carbons (Fsp3) is 0.500. The van der Waals surface area contributed by atoms with Gasteiger partial charge in [-0.25, -0.2) is 0 Å². The molecule has 1 rings (SSSR count). The maximum atomic E-state index is 5.72. The third-order valence-electron chi connectivity index (χ3n) is 2.09. The van der Waals surface area contributed by atoms with Gasteiger partial charge in [0.05, 0.1) is 6.61 Å². The highest BCUT2D eigenvalue weighted by atomic mass is 32.2. The molecule has 1 nitrogen and oxygen atoms in total. The van der Waals surface area contributed by atoms with Crippen molar-refractivity contribution in [1.29, 1.82) is 0 Å². The van der Waals surface area contributed by atoms with Gasteiger partial charge in [0.25, 0.3) is 0 Å². The topological polar surface area (TPSA) is 9.23 Å². The predicted octanol–water partition coefficient (Wildman–Crippen LogP) is 3.55. The van der Waals surface area contributed by atoms with Crippen molar-refractivity contribution in [2.75, 3.05) is 18.6 Å². The number of thioether (sulfide) groups is 1. The smallest absolute Gasteiger partial charge is 0.122 e. The van der Waals surface area contributed by atoms with Gasteiger partial charge in [-0.15, -0.1) is 0 Å². The van der Waals surface area contributed by atoms with Crippen molar-refractivity contribution < 1.29 is 4.74 Å². The van der Waals surface area contributed by atoms with E-state index in [4.69, 9.17) is 4.74 Å². The van der Waals surface area contributed by atoms with Gasteiger partial charge >= 0.3 is 0 Å². The van der Waals surface area contributed by atoms with Crippen LogP contribution < -0.4 is 4.74 Å². The standard InChI is InChI=1S/C12H18OS/c1-10(2)11-6-4-5-7-12(11)13-8-9-14-3/h4-7,10H,8-9H2,1-3H3. The lowest BCUT2D eigenvalue weighted by molar-refractivity contribution is 0.339. The first-order valence-electron chi connectivity index (χ1n) is 4.96. The molecule has 0 N–H and O–H groups in total. The number of rotatable bonds is 5. The Balaban J connectivity index is 2.64. The van der Waals surface area contributed by atoms with Gasteiger partial charge in [0.2, 0.25) is 0 Å². The summed E-state index contributed by atoms with van der Waals surface area (Å²) in [7, 11) is 0. The van der Waals surface area contributed by atoms with E-state index in [1.54, 1.807) is 0 Å². The summed E-state index contributed by atoms with van der Waals surface area (Å²) in [6, 6.07) is 8.28. The molecule has 0 spiro atoms. The molecule has 0 unspecified atom stereocenters. The summed E-state index contributed by atoms with van der Waals surface area (Å²) in [5.74, 6) is 2.61. The molecule has 1 aromatic rings. The molecule has 0 aromatic heterocycles. The van der Waals surface area contributed by atoms with Crippen molar-refractivity contribution in [1.82, 2.24) is 0 Å². The van der Waals surface area contributed by atoms with Gasteiger partial charge in [0, 0.05) is 5.75 Å². The molecule has 0 bridgehead atoms. The Bertz CT molecular complexity index is 271. The van der Waals surface area contributed by atoms with Crippen LogP contribution >= 0.6 is 11.8 Å². The Morgan fingerprint density at radius 1 is 1.29 bits per heavy atom. The van der Waals surface area contributed by atoms with Gasteiger partial charge < -0.3 is 4.74 Å². The first-order chi connectivity index (χ1) is 6.75. The molecule has 0 fully saturated rings. The van der Waals surface area contributed by atoms with Gasteiger partial charge in [0.15, 0.2) is 0 Å². The molecule has 0 radical (unpaired) electrons. The Hall–Kier alpha value is -0.630. The third kappa shape index (κ3) is 3.26. The van der Waals surface area contributed by atoms with E-state index in [2.05, 4.69) is 38.3 Å². The maximum Gasteiger partial charge on any atom is 0.122 e. The van der Waals surface area contributed by atoms with E-state index in [1.807, 2.05) is 17.8 Å². The summed E-state index contributed by atoms with van der Waals surface area (Å²) in [4.78, 5) is 0. The molecular weight excluding hydrogens is 192 g/mol.